The van der Waals surface area contributed by atoms with Crippen molar-refractivity contribution in [2.45, 2.75) is 46.1 Å². The number of ether oxygens (including phenoxy) is 1. The molecule has 0 fully saturated rings. The van der Waals surface area contributed by atoms with Crippen molar-refractivity contribution in [3.05, 3.63) is 41.3 Å². The molecular weight excluding hydrogens is 270 g/mol. The lowest BCUT2D eigenvalue weighted by atomic mass is 9.96. The van der Waals surface area contributed by atoms with Gasteiger partial charge in [-0.05, 0) is 26.0 Å². The number of carbonyl (C=O) groups is 1. The molecule has 0 saturated heterocycles. The number of pyridine rings is 1. The summed E-state index contributed by atoms with van der Waals surface area (Å²) in [5, 5.41) is 3.91. The molecule has 2 rings (SSSR count). The molecule has 2 aromatic heterocycles. The van der Waals surface area contributed by atoms with Crippen molar-refractivity contribution in [2.24, 2.45) is 0 Å². The summed E-state index contributed by atoms with van der Waals surface area (Å²) in [6.07, 6.45) is 0.876. The normalized spacial score (nSPS) is 13.0. The average Bonchev–Trinajstić information content (AvgIpc) is 2.88. The first-order valence-corrected chi connectivity index (χ1v) is 6.75. The Labute approximate surface area is 123 Å². The van der Waals surface area contributed by atoms with Gasteiger partial charge < -0.3 is 9.26 Å². The minimum Gasteiger partial charge on any atom is -0.449 e. The molecular formula is C15H19N3O3. The molecule has 0 amide bonds. The Hall–Kier alpha value is -2.24. The van der Waals surface area contributed by atoms with E-state index in [2.05, 4.69) is 15.1 Å². The van der Waals surface area contributed by atoms with Crippen LogP contribution in [0.1, 0.15) is 61.6 Å². The lowest BCUT2D eigenvalue weighted by Crippen LogP contribution is -2.14. The molecule has 0 saturated carbocycles. The summed E-state index contributed by atoms with van der Waals surface area (Å²) in [6, 6.07) is 3.43. The van der Waals surface area contributed by atoms with Crippen LogP contribution in [0.3, 0.4) is 0 Å². The van der Waals surface area contributed by atoms with E-state index in [1.54, 1.807) is 19.1 Å². The van der Waals surface area contributed by atoms with E-state index in [1.165, 1.54) is 6.20 Å². The predicted molar refractivity (Wildman–Crippen MR) is 75.8 cm³/mol. The minimum absolute atomic E-state index is 0.216. The van der Waals surface area contributed by atoms with Crippen molar-refractivity contribution in [3.8, 4) is 0 Å². The third-order valence-electron chi connectivity index (χ3n) is 2.89. The van der Waals surface area contributed by atoms with Gasteiger partial charge in [-0.2, -0.15) is 4.98 Å². The van der Waals surface area contributed by atoms with Crippen LogP contribution in [0, 0.1) is 6.92 Å². The van der Waals surface area contributed by atoms with Crippen LogP contribution in [0.5, 0.6) is 0 Å². The van der Waals surface area contributed by atoms with Gasteiger partial charge >= 0.3 is 5.97 Å². The van der Waals surface area contributed by atoms with Crippen LogP contribution in [0.2, 0.25) is 0 Å². The van der Waals surface area contributed by atoms with Crippen LogP contribution >= 0.6 is 0 Å². The summed E-state index contributed by atoms with van der Waals surface area (Å²) in [6.45, 7) is 9.49. The molecule has 0 radical (unpaired) electrons. The summed E-state index contributed by atoms with van der Waals surface area (Å²) in [7, 11) is 0. The van der Waals surface area contributed by atoms with Gasteiger partial charge in [0.15, 0.2) is 11.9 Å². The van der Waals surface area contributed by atoms with E-state index >= 15 is 0 Å². The molecule has 21 heavy (non-hydrogen) atoms. The quantitative estimate of drug-likeness (QED) is 0.808. The van der Waals surface area contributed by atoms with Gasteiger partial charge in [0.05, 0.1) is 5.56 Å². The second-order valence-electron chi connectivity index (χ2n) is 5.94. The number of hydrogen-bond donors (Lipinski definition) is 0. The molecule has 0 spiro atoms. The first-order valence-electron chi connectivity index (χ1n) is 6.75. The maximum absolute atomic E-state index is 12.0. The SMILES string of the molecule is Cc1ccc(C(=O)O[C@@H](C)c2nc(C(C)(C)C)no2)cn1. The van der Waals surface area contributed by atoms with E-state index < -0.39 is 12.1 Å². The van der Waals surface area contributed by atoms with Gasteiger partial charge in [0, 0.05) is 17.3 Å². The number of nitrogens with zero attached hydrogens (tertiary/aromatic N) is 3. The van der Waals surface area contributed by atoms with Gasteiger partial charge in [-0.3, -0.25) is 4.98 Å². The van der Waals surface area contributed by atoms with Gasteiger partial charge in [-0.15, -0.1) is 0 Å². The predicted octanol–water partition coefficient (Wildman–Crippen LogP) is 2.99. The molecule has 0 N–H and O–H groups in total. The van der Waals surface area contributed by atoms with Crippen LogP contribution in [-0.4, -0.2) is 21.1 Å². The molecule has 6 nitrogen and oxygen atoms in total. The number of esters is 1. The number of rotatable bonds is 3. The standard InChI is InChI=1S/C15H19N3O3/c1-9-6-7-11(8-16-9)13(19)20-10(2)12-17-14(18-21-12)15(3,4)5/h6-8,10H,1-5H3/t10-/m0/s1. The smallest absolute Gasteiger partial charge is 0.340 e. The van der Waals surface area contributed by atoms with Crippen molar-refractivity contribution in [1.82, 2.24) is 15.1 Å². The highest BCUT2D eigenvalue weighted by Crippen LogP contribution is 2.22. The summed E-state index contributed by atoms with van der Waals surface area (Å²) in [5.41, 5.74) is 1.01. The largest absolute Gasteiger partial charge is 0.449 e. The van der Waals surface area contributed by atoms with E-state index in [9.17, 15) is 4.79 Å². The van der Waals surface area contributed by atoms with Crippen LogP contribution in [-0.2, 0) is 10.2 Å². The fourth-order valence-corrected chi connectivity index (χ4v) is 1.57. The van der Waals surface area contributed by atoms with Crippen molar-refractivity contribution >= 4 is 5.97 Å². The molecule has 0 bridgehead atoms. The van der Waals surface area contributed by atoms with Crippen molar-refractivity contribution < 1.29 is 14.1 Å². The van der Waals surface area contributed by atoms with Crippen molar-refractivity contribution in [3.63, 3.8) is 0 Å². The zero-order valence-corrected chi connectivity index (χ0v) is 12.9. The van der Waals surface area contributed by atoms with E-state index in [4.69, 9.17) is 9.26 Å². The van der Waals surface area contributed by atoms with E-state index in [1.807, 2.05) is 27.7 Å². The Morgan fingerprint density at radius 3 is 2.57 bits per heavy atom. The molecule has 0 aliphatic heterocycles. The molecule has 1 atom stereocenters. The van der Waals surface area contributed by atoms with Gasteiger partial charge in [0.1, 0.15) is 0 Å². The average molecular weight is 289 g/mol. The molecule has 2 heterocycles. The Bertz CT molecular complexity index is 626. The fourth-order valence-electron chi connectivity index (χ4n) is 1.57. The van der Waals surface area contributed by atoms with Crippen LogP contribution in [0.25, 0.3) is 0 Å². The van der Waals surface area contributed by atoms with Crippen LogP contribution < -0.4 is 0 Å². The first kappa shape index (κ1) is 15.2. The van der Waals surface area contributed by atoms with Gasteiger partial charge in [0.2, 0.25) is 0 Å². The van der Waals surface area contributed by atoms with E-state index in [0.717, 1.165) is 5.69 Å². The topological polar surface area (TPSA) is 78.1 Å². The lowest BCUT2D eigenvalue weighted by Gasteiger charge is -2.11. The highest BCUT2D eigenvalue weighted by molar-refractivity contribution is 5.89. The maximum atomic E-state index is 12.0. The Morgan fingerprint density at radius 1 is 1.33 bits per heavy atom. The summed E-state index contributed by atoms with van der Waals surface area (Å²) in [5.74, 6) is 0.399. The molecule has 0 unspecified atom stereocenters. The lowest BCUT2D eigenvalue weighted by molar-refractivity contribution is 0.0265. The minimum atomic E-state index is -0.609. The highest BCUT2D eigenvalue weighted by Gasteiger charge is 2.25. The third-order valence-corrected chi connectivity index (χ3v) is 2.89. The molecule has 6 heteroatoms. The van der Waals surface area contributed by atoms with E-state index in [-0.39, 0.29) is 11.3 Å². The molecule has 0 aliphatic rings. The number of hydrogen-bond acceptors (Lipinski definition) is 6. The Morgan fingerprint density at radius 2 is 2.05 bits per heavy atom. The fraction of sp³-hybridized carbons (Fsp3) is 0.467. The molecule has 112 valence electrons. The Kier molecular flexibility index (Phi) is 4.06. The summed E-state index contributed by atoms with van der Waals surface area (Å²) in [4.78, 5) is 20.3. The first-order chi connectivity index (χ1) is 9.77. The van der Waals surface area contributed by atoms with Gasteiger partial charge in [0.25, 0.3) is 5.89 Å². The number of aromatic nitrogens is 3. The molecule has 0 aliphatic carbocycles. The second-order valence-corrected chi connectivity index (χ2v) is 5.94. The van der Waals surface area contributed by atoms with Crippen LogP contribution in [0.15, 0.2) is 22.9 Å². The molecule has 0 aromatic carbocycles. The van der Waals surface area contributed by atoms with Crippen molar-refractivity contribution in [2.75, 3.05) is 0 Å². The Balaban J connectivity index is 2.07. The monoisotopic (exact) mass is 289 g/mol. The maximum Gasteiger partial charge on any atom is 0.340 e. The molecule has 2 aromatic rings. The summed E-state index contributed by atoms with van der Waals surface area (Å²) < 4.78 is 10.5. The highest BCUT2D eigenvalue weighted by atomic mass is 16.6. The second kappa shape index (κ2) is 5.63. The van der Waals surface area contributed by atoms with Crippen molar-refractivity contribution in [1.29, 1.82) is 0 Å². The zero-order chi connectivity index (χ0) is 15.6. The van der Waals surface area contributed by atoms with E-state index in [0.29, 0.717) is 11.4 Å². The number of carbonyl (C=O) groups excluding carboxylic acids is 1. The third kappa shape index (κ3) is 3.65. The van der Waals surface area contributed by atoms with Gasteiger partial charge in [-0.1, -0.05) is 25.9 Å². The number of aryl methyl sites for hydroxylation is 1. The summed E-state index contributed by atoms with van der Waals surface area (Å²) >= 11 is 0. The van der Waals surface area contributed by atoms with Crippen LogP contribution in [0.4, 0.5) is 0 Å². The zero-order valence-electron chi connectivity index (χ0n) is 12.9. The van der Waals surface area contributed by atoms with Gasteiger partial charge in [-0.25, -0.2) is 4.79 Å².